The van der Waals surface area contributed by atoms with Crippen LogP contribution in [0.4, 0.5) is 0 Å². The van der Waals surface area contributed by atoms with E-state index >= 15 is 0 Å². The van der Waals surface area contributed by atoms with E-state index < -0.39 is 12.0 Å². The molecule has 0 aromatic rings. The van der Waals surface area contributed by atoms with Crippen molar-refractivity contribution in [3.63, 3.8) is 0 Å². The van der Waals surface area contributed by atoms with Crippen LogP contribution in [0.3, 0.4) is 0 Å². The number of ether oxygens (including phenoxy) is 1. The first-order chi connectivity index (χ1) is 10.5. The molecule has 1 fully saturated rings. The van der Waals surface area contributed by atoms with Gasteiger partial charge in [-0.05, 0) is 31.6 Å². The number of hydrogen-bond donors (Lipinski definition) is 1. The first kappa shape index (κ1) is 19.0. The summed E-state index contributed by atoms with van der Waals surface area (Å²) >= 11 is 1.37. The van der Waals surface area contributed by atoms with Crippen molar-refractivity contribution < 1.29 is 19.1 Å². The van der Waals surface area contributed by atoms with Crippen molar-refractivity contribution in [2.45, 2.75) is 26.3 Å². The largest absolute Gasteiger partial charge is 0.467 e. The predicted molar refractivity (Wildman–Crippen MR) is 86.2 cm³/mol. The lowest BCUT2D eigenvalue weighted by Gasteiger charge is -2.19. The van der Waals surface area contributed by atoms with Crippen LogP contribution in [0.5, 0.6) is 0 Å². The van der Waals surface area contributed by atoms with Gasteiger partial charge in [0.2, 0.25) is 5.91 Å². The lowest BCUT2D eigenvalue weighted by molar-refractivity contribution is -0.146. The molecule has 5 radical (unpaired) electrons. The summed E-state index contributed by atoms with van der Waals surface area (Å²) in [6.45, 7) is 3.68. The monoisotopic (exact) mass is 324 g/mol. The molecule has 0 bridgehead atoms. The number of carbonyl (C=O) groups is 3. The average molecular weight is 324 g/mol. The molecule has 1 amide bonds. The Morgan fingerprint density at radius 1 is 1.23 bits per heavy atom. The smallest absolute Gasteiger partial charge is 0.328 e. The van der Waals surface area contributed by atoms with Crippen LogP contribution in [-0.2, 0) is 19.1 Å². The van der Waals surface area contributed by atoms with E-state index in [-0.39, 0.29) is 23.4 Å². The van der Waals surface area contributed by atoms with Gasteiger partial charge in [-0.3, -0.25) is 9.59 Å². The Labute approximate surface area is 136 Å². The lowest BCUT2D eigenvalue weighted by Crippen LogP contribution is -2.45. The number of nitrogens with one attached hydrogen (secondary N) is 1. The van der Waals surface area contributed by atoms with E-state index in [2.05, 4.69) is 10.1 Å². The van der Waals surface area contributed by atoms with Gasteiger partial charge in [-0.2, -0.15) is 11.8 Å². The molecule has 0 aromatic heterocycles. The molecule has 1 aliphatic carbocycles. The maximum absolute atomic E-state index is 11.8. The fourth-order valence-corrected chi connectivity index (χ4v) is 2.62. The topological polar surface area (TPSA) is 72.5 Å². The van der Waals surface area contributed by atoms with Crippen molar-refractivity contribution in [3.8, 4) is 0 Å². The van der Waals surface area contributed by atoms with Crippen LogP contribution in [0.2, 0.25) is 0 Å². The molecule has 121 valence electrons. The van der Waals surface area contributed by atoms with Crippen molar-refractivity contribution in [3.05, 3.63) is 31.6 Å². The van der Waals surface area contributed by atoms with Crippen LogP contribution in [0.25, 0.3) is 0 Å². The van der Waals surface area contributed by atoms with E-state index in [1.165, 1.54) is 18.9 Å². The Bertz CT molecular complexity index is 392. The van der Waals surface area contributed by atoms with Crippen molar-refractivity contribution in [1.82, 2.24) is 5.32 Å². The standard InChI is InChI=1S/C16H22NO4S/c1-11(2)15(16(20)21-3)17-14(19)10-22-9-8-13(18)12-6-4-5-7-12/h4-7,11,15H,8-10H2,1-3H3,(H,17,19)/t15-/m0/s1. The Morgan fingerprint density at radius 3 is 2.41 bits per heavy atom. The summed E-state index contributed by atoms with van der Waals surface area (Å²) in [7, 11) is 1.30. The molecule has 0 saturated heterocycles. The number of methoxy groups -OCH3 is 1. The average Bonchev–Trinajstić information content (AvgIpc) is 3.02. The summed E-state index contributed by atoms with van der Waals surface area (Å²) in [5.74, 6) is 0.856. The molecular weight excluding hydrogens is 302 g/mol. The van der Waals surface area contributed by atoms with Gasteiger partial charge in [-0.15, -0.1) is 0 Å². The van der Waals surface area contributed by atoms with Gasteiger partial charge in [0.05, 0.1) is 12.9 Å². The summed E-state index contributed by atoms with van der Waals surface area (Å²) < 4.78 is 4.67. The highest BCUT2D eigenvalue weighted by molar-refractivity contribution is 7.99. The Kier molecular flexibility index (Phi) is 8.53. The molecule has 0 unspecified atom stereocenters. The number of carbonyl (C=O) groups excluding carboxylic acids is 3. The van der Waals surface area contributed by atoms with Gasteiger partial charge >= 0.3 is 5.97 Å². The molecule has 1 N–H and O–H groups in total. The second kappa shape index (κ2) is 9.87. The number of ketones is 1. The molecule has 5 nitrogen and oxygen atoms in total. The highest BCUT2D eigenvalue weighted by Crippen LogP contribution is 2.25. The molecule has 1 atom stereocenters. The number of thioether (sulfide) groups is 1. The van der Waals surface area contributed by atoms with Gasteiger partial charge in [0, 0.05) is 18.1 Å². The van der Waals surface area contributed by atoms with E-state index in [0.717, 1.165) is 0 Å². The van der Waals surface area contributed by atoms with Crippen LogP contribution in [-0.4, -0.2) is 42.3 Å². The fraction of sp³-hybridized carbons (Fsp3) is 0.500. The Hall–Kier alpha value is -1.04. The van der Waals surface area contributed by atoms with Gasteiger partial charge in [-0.1, -0.05) is 13.8 Å². The molecule has 1 aliphatic rings. The lowest BCUT2D eigenvalue weighted by atomic mass is 10.0. The summed E-state index contributed by atoms with van der Waals surface area (Å²) in [5, 5.41) is 2.66. The van der Waals surface area contributed by atoms with Crippen LogP contribution < -0.4 is 5.32 Å². The minimum Gasteiger partial charge on any atom is -0.467 e. The first-order valence-corrected chi connectivity index (χ1v) is 8.31. The van der Waals surface area contributed by atoms with Crippen molar-refractivity contribution in [2.24, 2.45) is 5.92 Å². The Balaban J connectivity index is 2.21. The predicted octanol–water partition coefficient (Wildman–Crippen LogP) is 1.40. The van der Waals surface area contributed by atoms with Gasteiger partial charge in [0.15, 0.2) is 0 Å². The number of rotatable bonds is 9. The molecule has 6 heteroatoms. The zero-order valence-electron chi connectivity index (χ0n) is 13.1. The van der Waals surface area contributed by atoms with Crippen LogP contribution in [0, 0.1) is 37.5 Å². The molecular formula is C16H22NO4S. The fourth-order valence-electron chi connectivity index (χ4n) is 1.87. The molecule has 1 saturated carbocycles. The Morgan fingerprint density at radius 2 is 1.86 bits per heavy atom. The van der Waals surface area contributed by atoms with E-state index in [1.54, 1.807) is 12.8 Å². The molecule has 0 aromatic carbocycles. The first-order valence-electron chi connectivity index (χ1n) is 7.15. The summed E-state index contributed by atoms with van der Waals surface area (Å²) in [6.07, 6.45) is 7.61. The maximum Gasteiger partial charge on any atom is 0.328 e. The van der Waals surface area contributed by atoms with Gasteiger partial charge < -0.3 is 10.1 Å². The molecule has 1 rings (SSSR count). The van der Waals surface area contributed by atoms with E-state index in [0.29, 0.717) is 18.1 Å². The van der Waals surface area contributed by atoms with Crippen molar-refractivity contribution in [1.29, 1.82) is 0 Å². The summed E-state index contributed by atoms with van der Waals surface area (Å²) in [6, 6.07) is -0.635. The number of amides is 1. The van der Waals surface area contributed by atoms with E-state index in [4.69, 9.17) is 0 Å². The third-order valence-electron chi connectivity index (χ3n) is 3.13. The van der Waals surface area contributed by atoms with E-state index in [9.17, 15) is 14.4 Å². The highest BCUT2D eigenvalue weighted by atomic mass is 32.2. The van der Waals surface area contributed by atoms with Gasteiger partial charge in [-0.25, -0.2) is 4.79 Å². The minimum atomic E-state index is -0.635. The maximum atomic E-state index is 11.8. The van der Waals surface area contributed by atoms with Gasteiger partial charge in [0.25, 0.3) is 0 Å². The SMILES string of the molecule is COC(=O)[C@@H](NC(=O)CSCCC(=O)[C]1[CH][CH][CH][CH]1)C(C)C. The summed E-state index contributed by atoms with van der Waals surface area (Å²) in [5.41, 5.74) is 0. The van der Waals surface area contributed by atoms with Crippen LogP contribution >= 0.6 is 11.8 Å². The van der Waals surface area contributed by atoms with E-state index in [1.807, 2.05) is 26.7 Å². The van der Waals surface area contributed by atoms with Crippen molar-refractivity contribution in [2.75, 3.05) is 18.6 Å². The minimum absolute atomic E-state index is 0.0414. The zero-order chi connectivity index (χ0) is 16.5. The number of Topliss-reactive ketones (excluding diaryl/α,β-unsaturated/α-hetero) is 1. The third kappa shape index (κ3) is 6.38. The van der Waals surface area contributed by atoms with Crippen LogP contribution in [0.15, 0.2) is 0 Å². The molecule has 0 heterocycles. The third-order valence-corrected chi connectivity index (χ3v) is 4.09. The van der Waals surface area contributed by atoms with Crippen LogP contribution in [0.1, 0.15) is 20.3 Å². The molecule has 0 aliphatic heterocycles. The number of hydrogen-bond acceptors (Lipinski definition) is 5. The second-order valence-electron chi connectivity index (χ2n) is 5.21. The molecule has 0 spiro atoms. The second-order valence-corrected chi connectivity index (χ2v) is 6.32. The normalized spacial score (nSPS) is 16.5. The van der Waals surface area contributed by atoms with Crippen molar-refractivity contribution >= 4 is 29.4 Å². The zero-order valence-corrected chi connectivity index (χ0v) is 13.9. The molecule has 22 heavy (non-hydrogen) atoms. The van der Waals surface area contributed by atoms with Gasteiger partial charge in [0.1, 0.15) is 11.8 Å². The number of esters is 1. The summed E-state index contributed by atoms with van der Waals surface area (Å²) in [4.78, 5) is 35.1. The highest BCUT2D eigenvalue weighted by Gasteiger charge is 2.25. The quantitative estimate of drug-likeness (QED) is 0.513.